The molecule has 4 nitrogen and oxygen atoms in total. The summed E-state index contributed by atoms with van der Waals surface area (Å²) in [6, 6.07) is 5.32. The highest BCUT2D eigenvalue weighted by Crippen LogP contribution is 2.21. The van der Waals surface area contributed by atoms with Crippen LogP contribution >= 0.6 is 27.5 Å². The Labute approximate surface area is 119 Å². The maximum atomic E-state index is 11.8. The lowest BCUT2D eigenvalue weighted by Crippen LogP contribution is -2.51. The molecule has 98 valence electrons. The molecule has 2 N–H and O–H groups in total. The minimum Gasteiger partial charge on any atom is -0.378 e. The molecule has 2 rings (SSSR count). The summed E-state index contributed by atoms with van der Waals surface area (Å²) in [6.07, 6.45) is 0. The number of halogens is 2. The number of carbonyl (C=O) groups is 1. The summed E-state index contributed by atoms with van der Waals surface area (Å²) < 4.78 is 6.16. The fraction of sp³-hybridized carbons (Fsp3) is 0.417. The van der Waals surface area contributed by atoms with Gasteiger partial charge in [-0.25, -0.2) is 0 Å². The van der Waals surface area contributed by atoms with Crippen molar-refractivity contribution in [2.24, 2.45) is 0 Å². The Kier molecular flexibility index (Phi) is 5.00. The van der Waals surface area contributed by atoms with Crippen LogP contribution in [-0.2, 0) is 16.1 Å². The number of benzene rings is 1. The molecule has 1 unspecified atom stereocenters. The standard InChI is InChI=1S/C12H14BrClN2O2/c13-9-2-1-8(10(14)5-9)6-16-12(17)11-7-18-4-3-15-11/h1-2,5,11,15H,3-4,6-7H2,(H,16,17). The Bertz CT molecular complexity index is 436. The van der Waals surface area contributed by atoms with Gasteiger partial charge in [-0.3, -0.25) is 4.79 Å². The molecule has 0 saturated carbocycles. The van der Waals surface area contributed by atoms with Gasteiger partial charge in [0.25, 0.3) is 0 Å². The number of hydrogen-bond donors (Lipinski definition) is 2. The van der Waals surface area contributed by atoms with E-state index in [1.165, 1.54) is 0 Å². The molecule has 18 heavy (non-hydrogen) atoms. The van der Waals surface area contributed by atoms with Gasteiger partial charge in [0.1, 0.15) is 6.04 Å². The van der Waals surface area contributed by atoms with Crippen molar-refractivity contribution in [1.82, 2.24) is 10.6 Å². The van der Waals surface area contributed by atoms with E-state index in [1.807, 2.05) is 18.2 Å². The van der Waals surface area contributed by atoms with Gasteiger partial charge >= 0.3 is 0 Å². The lowest BCUT2D eigenvalue weighted by Gasteiger charge is -2.23. The monoisotopic (exact) mass is 332 g/mol. The van der Waals surface area contributed by atoms with Crippen molar-refractivity contribution in [2.75, 3.05) is 19.8 Å². The number of carbonyl (C=O) groups excluding carboxylic acids is 1. The van der Waals surface area contributed by atoms with Crippen molar-refractivity contribution in [3.05, 3.63) is 33.3 Å². The van der Waals surface area contributed by atoms with Gasteiger partial charge in [-0.15, -0.1) is 0 Å². The molecule has 6 heteroatoms. The van der Waals surface area contributed by atoms with Gasteiger partial charge in [0.15, 0.2) is 0 Å². The first kappa shape index (κ1) is 13.8. The van der Waals surface area contributed by atoms with Crippen molar-refractivity contribution in [3.8, 4) is 0 Å². The molecule has 0 bridgehead atoms. The fourth-order valence-electron chi connectivity index (χ4n) is 1.70. The largest absolute Gasteiger partial charge is 0.378 e. The van der Waals surface area contributed by atoms with Crippen LogP contribution in [0.4, 0.5) is 0 Å². The zero-order chi connectivity index (χ0) is 13.0. The minimum absolute atomic E-state index is 0.0614. The third kappa shape index (κ3) is 3.68. The lowest BCUT2D eigenvalue weighted by atomic mass is 10.2. The average molecular weight is 334 g/mol. The van der Waals surface area contributed by atoms with E-state index in [0.29, 0.717) is 31.3 Å². The Morgan fingerprint density at radius 3 is 3.11 bits per heavy atom. The SMILES string of the molecule is O=C(NCc1ccc(Br)cc1Cl)C1COCCN1. The predicted molar refractivity (Wildman–Crippen MR) is 73.6 cm³/mol. The molecule has 0 aromatic heterocycles. The number of nitrogens with one attached hydrogen (secondary N) is 2. The van der Waals surface area contributed by atoms with Crippen LogP contribution in [0, 0.1) is 0 Å². The van der Waals surface area contributed by atoms with Crippen LogP contribution in [0.2, 0.25) is 5.02 Å². The van der Waals surface area contributed by atoms with Gasteiger partial charge in [-0.1, -0.05) is 33.6 Å². The summed E-state index contributed by atoms with van der Waals surface area (Å²) in [6.45, 7) is 2.20. The van der Waals surface area contributed by atoms with Gasteiger partial charge in [0.05, 0.1) is 13.2 Å². The van der Waals surface area contributed by atoms with E-state index < -0.39 is 0 Å². The molecule has 1 saturated heterocycles. The van der Waals surface area contributed by atoms with Crippen molar-refractivity contribution >= 4 is 33.4 Å². The topological polar surface area (TPSA) is 50.4 Å². The van der Waals surface area contributed by atoms with Gasteiger partial charge < -0.3 is 15.4 Å². The number of rotatable bonds is 3. The predicted octanol–water partition coefficient (Wildman–Crippen LogP) is 1.71. The molecule has 1 atom stereocenters. The number of morpholine rings is 1. The second-order valence-corrected chi connectivity index (χ2v) is 5.36. The summed E-state index contributed by atoms with van der Waals surface area (Å²) >= 11 is 9.42. The zero-order valence-electron chi connectivity index (χ0n) is 9.71. The van der Waals surface area contributed by atoms with Crippen LogP contribution in [0.15, 0.2) is 22.7 Å². The molecule has 0 spiro atoms. The molecule has 1 aliphatic heterocycles. The second kappa shape index (κ2) is 6.52. The molecule has 1 aromatic rings. The molecule has 1 fully saturated rings. The van der Waals surface area contributed by atoms with Gasteiger partial charge in [0.2, 0.25) is 5.91 Å². The summed E-state index contributed by atoms with van der Waals surface area (Å²) in [5, 5.41) is 6.59. The quantitative estimate of drug-likeness (QED) is 0.885. The van der Waals surface area contributed by atoms with E-state index in [1.54, 1.807) is 0 Å². The molecule has 1 amide bonds. The van der Waals surface area contributed by atoms with Crippen molar-refractivity contribution in [1.29, 1.82) is 0 Å². The highest BCUT2D eigenvalue weighted by Gasteiger charge is 2.20. The Balaban J connectivity index is 1.88. The van der Waals surface area contributed by atoms with E-state index in [-0.39, 0.29) is 11.9 Å². The van der Waals surface area contributed by atoms with Crippen LogP contribution in [0.3, 0.4) is 0 Å². The third-order valence-corrected chi connectivity index (χ3v) is 3.55. The number of ether oxygens (including phenoxy) is 1. The first-order chi connectivity index (χ1) is 8.66. The molecular formula is C12H14BrClN2O2. The smallest absolute Gasteiger partial charge is 0.239 e. The van der Waals surface area contributed by atoms with Crippen molar-refractivity contribution < 1.29 is 9.53 Å². The summed E-state index contributed by atoms with van der Waals surface area (Å²) in [5.41, 5.74) is 0.893. The maximum absolute atomic E-state index is 11.8. The van der Waals surface area contributed by atoms with Crippen molar-refractivity contribution in [2.45, 2.75) is 12.6 Å². The molecule has 0 aliphatic carbocycles. The Hall–Kier alpha value is -0.620. The highest BCUT2D eigenvalue weighted by molar-refractivity contribution is 9.10. The second-order valence-electron chi connectivity index (χ2n) is 4.04. The van der Waals surface area contributed by atoms with Gasteiger partial charge in [-0.2, -0.15) is 0 Å². The minimum atomic E-state index is -0.270. The highest BCUT2D eigenvalue weighted by atomic mass is 79.9. The van der Waals surface area contributed by atoms with Crippen LogP contribution in [0.5, 0.6) is 0 Å². The molecule has 1 aliphatic rings. The maximum Gasteiger partial charge on any atom is 0.239 e. The van der Waals surface area contributed by atoms with Crippen LogP contribution in [0.25, 0.3) is 0 Å². The summed E-state index contributed by atoms with van der Waals surface area (Å²) in [4.78, 5) is 11.8. The van der Waals surface area contributed by atoms with E-state index in [2.05, 4.69) is 26.6 Å². The van der Waals surface area contributed by atoms with Crippen LogP contribution in [-0.4, -0.2) is 31.7 Å². The average Bonchev–Trinajstić information content (AvgIpc) is 2.38. The van der Waals surface area contributed by atoms with E-state index in [9.17, 15) is 4.79 Å². The molecule has 0 radical (unpaired) electrons. The molecule has 1 aromatic carbocycles. The van der Waals surface area contributed by atoms with E-state index in [4.69, 9.17) is 16.3 Å². The Morgan fingerprint density at radius 1 is 1.61 bits per heavy atom. The van der Waals surface area contributed by atoms with E-state index in [0.717, 1.165) is 10.0 Å². The molecular weight excluding hydrogens is 320 g/mol. The normalized spacial score (nSPS) is 19.6. The first-order valence-electron chi connectivity index (χ1n) is 5.69. The zero-order valence-corrected chi connectivity index (χ0v) is 12.1. The third-order valence-electron chi connectivity index (χ3n) is 2.71. The van der Waals surface area contributed by atoms with Crippen molar-refractivity contribution in [3.63, 3.8) is 0 Å². The molecule has 1 heterocycles. The van der Waals surface area contributed by atoms with Crippen LogP contribution < -0.4 is 10.6 Å². The first-order valence-corrected chi connectivity index (χ1v) is 6.86. The summed E-state index contributed by atoms with van der Waals surface area (Å²) in [7, 11) is 0. The number of hydrogen-bond acceptors (Lipinski definition) is 3. The van der Waals surface area contributed by atoms with E-state index >= 15 is 0 Å². The summed E-state index contributed by atoms with van der Waals surface area (Å²) in [5.74, 6) is -0.0614. The van der Waals surface area contributed by atoms with Crippen LogP contribution in [0.1, 0.15) is 5.56 Å². The fourth-order valence-corrected chi connectivity index (χ4v) is 2.44. The van der Waals surface area contributed by atoms with Gasteiger partial charge in [-0.05, 0) is 17.7 Å². The van der Waals surface area contributed by atoms with Gasteiger partial charge in [0, 0.05) is 22.6 Å². The number of amides is 1. The lowest BCUT2D eigenvalue weighted by molar-refractivity contribution is -0.126. The Morgan fingerprint density at radius 2 is 2.44 bits per heavy atom.